The topological polar surface area (TPSA) is 37.3 Å². The van der Waals surface area contributed by atoms with Gasteiger partial charge in [-0.3, -0.25) is 4.79 Å². The van der Waals surface area contributed by atoms with E-state index in [9.17, 15) is 9.90 Å². The number of aromatic hydroxyl groups is 1. The van der Waals surface area contributed by atoms with Crippen LogP contribution in [0.25, 0.3) is 10.1 Å². The maximum absolute atomic E-state index is 12.5. The first-order valence-corrected chi connectivity index (χ1v) is 7.95. The SMILES string of the molecule is O=C1c2ccccc2SC1c1sc2ccccc2c1O. The zero-order valence-corrected chi connectivity index (χ0v) is 12.0. The number of thioether (sulfide) groups is 1. The fraction of sp³-hybridized carbons (Fsp3) is 0.0625. The zero-order valence-electron chi connectivity index (χ0n) is 10.4. The summed E-state index contributed by atoms with van der Waals surface area (Å²) in [5, 5.41) is 10.9. The van der Waals surface area contributed by atoms with Crippen molar-refractivity contribution in [3.63, 3.8) is 0 Å². The molecule has 4 rings (SSSR count). The van der Waals surface area contributed by atoms with E-state index in [4.69, 9.17) is 0 Å². The van der Waals surface area contributed by atoms with Gasteiger partial charge >= 0.3 is 0 Å². The van der Waals surface area contributed by atoms with E-state index in [0.717, 1.165) is 25.4 Å². The van der Waals surface area contributed by atoms with Gasteiger partial charge in [-0.25, -0.2) is 0 Å². The smallest absolute Gasteiger partial charge is 0.182 e. The number of ketones is 1. The van der Waals surface area contributed by atoms with Gasteiger partial charge in [0.25, 0.3) is 0 Å². The Morgan fingerprint density at radius 2 is 1.75 bits per heavy atom. The molecule has 2 nitrogen and oxygen atoms in total. The van der Waals surface area contributed by atoms with Crippen LogP contribution in [0.15, 0.2) is 53.4 Å². The van der Waals surface area contributed by atoms with Gasteiger partial charge in [0.15, 0.2) is 5.78 Å². The van der Waals surface area contributed by atoms with Gasteiger partial charge in [0.1, 0.15) is 11.0 Å². The van der Waals surface area contributed by atoms with E-state index >= 15 is 0 Å². The van der Waals surface area contributed by atoms with Crippen molar-refractivity contribution in [2.24, 2.45) is 0 Å². The summed E-state index contributed by atoms with van der Waals surface area (Å²) >= 11 is 3.03. The van der Waals surface area contributed by atoms with Crippen molar-refractivity contribution < 1.29 is 9.90 Å². The van der Waals surface area contributed by atoms with Gasteiger partial charge in [-0.1, -0.05) is 30.3 Å². The van der Waals surface area contributed by atoms with Crippen molar-refractivity contribution >= 4 is 39.0 Å². The van der Waals surface area contributed by atoms with Crippen molar-refractivity contribution in [2.45, 2.75) is 10.1 Å². The lowest BCUT2D eigenvalue weighted by Gasteiger charge is -2.04. The summed E-state index contributed by atoms with van der Waals surface area (Å²) in [6.45, 7) is 0. The normalized spacial score (nSPS) is 17.6. The standard InChI is InChI=1S/C16H10O2S2/c17-13-9-5-1-3-7-11(9)19-15(13)16-14(18)10-6-2-4-8-12(10)20-16/h1-8,15,18H. The lowest BCUT2D eigenvalue weighted by molar-refractivity contribution is 0.0991. The van der Waals surface area contributed by atoms with Crippen molar-refractivity contribution in [1.29, 1.82) is 0 Å². The molecule has 0 saturated carbocycles. The first-order valence-electron chi connectivity index (χ1n) is 6.26. The van der Waals surface area contributed by atoms with Gasteiger partial charge < -0.3 is 5.11 Å². The number of hydrogen-bond acceptors (Lipinski definition) is 4. The number of hydrogen-bond donors (Lipinski definition) is 1. The minimum absolute atomic E-state index is 0.0902. The third-order valence-electron chi connectivity index (χ3n) is 3.47. The van der Waals surface area contributed by atoms with Crippen LogP contribution in [0.2, 0.25) is 0 Å². The second-order valence-corrected chi connectivity index (χ2v) is 6.90. The molecule has 98 valence electrons. The Labute approximate surface area is 124 Å². The largest absolute Gasteiger partial charge is 0.506 e. The van der Waals surface area contributed by atoms with Crippen molar-refractivity contribution in [1.82, 2.24) is 0 Å². The highest BCUT2D eigenvalue weighted by atomic mass is 32.2. The van der Waals surface area contributed by atoms with Crippen LogP contribution in [-0.2, 0) is 0 Å². The molecule has 1 unspecified atom stereocenters. The number of rotatable bonds is 1. The molecule has 1 aliphatic heterocycles. The Kier molecular flexibility index (Phi) is 2.62. The van der Waals surface area contributed by atoms with Gasteiger partial charge in [0.2, 0.25) is 0 Å². The molecular formula is C16H10O2S2. The summed E-state index contributed by atoms with van der Waals surface area (Å²) < 4.78 is 1.02. The van der Waals surface area contributed by atoms with Gasteiger partial charge in [-0.2, -0.15) is 0 Å². The molecule has 0 aliphatic carbocycles. The summed E-state index contributed by atoms with van der Waals surface area (Å²) in [5.41, 5.74) is 0.763. The third kappa shape index (κ3) is 1.62. The van der Waals surface area contributed by atoms with Gasteiger partial charge in [0.05, 0.1) is 4.88 Å². The number of thiophene rings is 1. The van der Waals surface area contributed by atoms with Crippen molar-refractivity contribution in [3.8, 4) is 5.75 Å². The molecule has 0 radical (unpaired) electrons. The van der Waals surface area contributed by atoms with Gasteiger partial charge in [0, 0.05) is 20.5 Å². The molecule has 1 atom stereocenters. The Morgan fingerprint density at radius 1 is 1.00 bits per heavy atom. The average molecular weight is 298 g/mol. The van der Waals surface area contributed by atoms with E-state index in [2.05, 4.69) is 0 Å². The number of carbonyl (C=O) groups is 1. The molecule has 1 aliphatic rings. The molecule has 0 saturated heterocycles. The lowest BCUT2D eigenvalue weighted by atomic mass is 10.1. The van der Waals surface area contributed by atoms with E-state index in [0.29, 0.717) is 0 Å². The fourth-order valence-corrected chi connectivity index (χ4v) is 5.02. The van der Waals surface area contributed by atoms with Gasteiger partial charge in [-0.05, 0) is 18.2 Å². The Hall–Kier alpha value is -1.78. The lowest BCUT2D eigenvalue weighted by Crippen LogP contribution is -2.01. The molecule has 2 aromatic carbocycles. The predicted molar refractivity (Wildman–Crippen MR) is 82.9 cm³/mol. The molecule has 0 spiro atoms. The molecule has 0 amide bonds. The molecule has 0 bridgehead atoms. The minimum Gasteiger partial charge on any atom is -0.506 e. The summed E-state index contributed by atoms with van der Waals surface area (Å²) in [7, 11) is 0. The Bertz CT molecular complexity index is 835. The molecule has 1 N–H and O–H groups in total. The van der Waals surface area contributed by atoms with E-state index < -0.39 is 0 Å². The van der Waals surface area contributed by atoms with E-state index in [1.165, 1.54) is 23.1 Å². The van der Waals surface area contributed by atoms with Crippen LogP contribution >= 0.6 is 23.1 Å². The zero-order chi connectivity index (χ0) is 13.7. The van der Waals surface area contributed by atoms with Crippen LogP contribution in [0.5, 0.6) is 5.75 Å². The number of benzene rings is 2. The fourth-order valence-electron chi connectivity index (χ4n) is 2.50. The average Bonchev–Trinajstić information content (AvgIpc) is 2.98. The first kappa shape index (κ1) is 12.0. The molecule has 0 fully saturated rings. The van der Waals surface area contributed by atoms with Crippen LogP contribution in [0.3, 0.4) is 0 Å². The third-order valence-corrected chi connectivity index (χ3v) is 6.14. The minimum atomic E-state index is -0.315. The molecule has 3 aromatic rings. The van der Waals surface area contributed by atoms with Crippen molar-refractivity contribution in [2.75, 3.05) is 0 Å². The number of carbonyl (C=O) groups excluding carboxylic acids is 1. The number of fused-ring (bicyclic) bond motifs is 2. The summed E-state index contributed by atoms with van der Waals surface area (Å²) in [4.78, 5) is 14.3. The highest BCUT2D eigenvalue weighted by Gasteiger charge is 2.35. The summed E-state index contributed by atoms with van der Waals surface area (Å²) in [6, 6.07) is 15.3. The second kappa shape index (κ2) is 4.36. The van der Waals surface area contributed by atoms with Crippen LogP contribution < -0.4 is 0 Å². The highest BCUT2D eigenvalue weighted by molar-refractivity contribution is 8.01. The molecular weight excluding hydrogens is 288 g/mol. The molecule has 1 aromatic heterocycles. The van der Waals surface area contributed by atoms with Gasteiger partial charge in [-0.15, -0.1) is 23.1 Å². The highest BCUT2D eigenvalue weighted by Crippen LogP contribution is 2.52. The van der Waals surface area contributed by atoms with Crippen molar-refractivity contribution in [3.05, 3.63) is 59.0 Å². The van der Waals surface area contributed by atoms with Crippen LogP contribution in [0.4, 0.5) is 0 Å². The van der Waals surface area contributed by atoms with Crippen LogP contribution in [0.1, 0.15) is 20.5 Å². The molecule has 2 heterocycles. The molecule has 4 heteroatoms. The maximum atomic E-state index is 12.5. The Balaban J connectivity index is 1.86. The monoisotopic (exact) mass is 298 g/mol. The van der Waals surface area contributed by atoms with Crippen LogP contribution in [-0.4, -0.2) is 10.9 Å². The second-order valence-electron chi connectivity index (χ2n) is 4.67. The van der Waals surface area contributed by atoms with E-state index in [1.54, 1.807) is 0 Å². The maximum Gasteiger partial charge on any atom is 0.182 e. The summed E-state index contributed by atoms with van der Waals surface area (Å²) in [6.07, 6.45) is 0. The van der Waals surface area contributed by atoms with E-state index in [-0.39, 0.29) is 16.8 Å². The molecule has 20 heavy (non-hydrogen) atoms. The van der Waals surface area contributed by atoms with E-state index in [1.807, 2.05) is 48.5 Å². The number of Topliss-reactive ketones (excluding diaryl/α,β-unsaturated/α-hetero) is 1. The predicted octanol–water partition coefficient (Wildman–Crippen LogP) is 4.64. The first-order chi connectivity index (χ1) is 9.75. The summed E-state index contributed by atoms with van der Waals surface area (Å²) in [5.74, 6) is 0.344. The quantitative estimate of drug-likeness (QED) is 0.711. The van der Waals surface area contributed by atoms with Crippen LogP contribution in [0, 0.1) is 0 Å². The Morgan fingerprint density at radius 3 is 2.55 bits per heavy atom.